The van der Waals surface area contributed by atoms with E-state index >= 15 is 0 Å². The largest absolute Gasteiger partial charge is 0.397 e. The molecular formula is C14H16F3NO2S. The summed E-state index contributed by atoms with van der Waals surface area (Å²) in [7, 11) is -3.65. The lowest BCUT2D eigenvalue weighted by molar-refractivity contribution is -0.216. The van der Waals surface area contributed by atoms with Gasteiger partial charge in [-0.1, -0.05) is 30.3 Å². The molecule has 1 aromatic carbocycles. The van der Waals surface area contributed by atoms with E-state index in [0.29, 0.717) is 6.54 Å². The third-order valence-corrected chi connectivity index (χ3v) is 6.87. The number of hydrogen-bond acceptors (Lipinski definition) is 3. The quantitative estimate of drug-likeness (QED) is 0.839. The van der Waals surface area contributed by atoms with Crippen LogP contribution < -0.4 is 0 Å². The van der Waals surface area contributed by atoms with Crippen LogP contribution in [0.4, 0.5) is 13.2 Å². The minimum atomic E-state index is -4.48. The number of nitrogens with zero attached hydrogens (tertiary/aromatic N) is 1. The first kappa shape index (κ1) is 14.8. The van der Waals surface area contributed by atoms with Crippen LogP contribution in [0.15, 0.2) is 30.3 Å². The van der Waals surface area contributed by atoms with Gasteiger partial charge in [-0.25, -0.2) is 8.42 Å². The fourth-order valence-electron chi connectivity index (χ4n) is 3.51. The van der Waals surface area contributed by atoms with Crippen molar-refractivity contribution in [1.82, 2.24) is 4.90 Å². The molecule has 0 unspecified atom stereocenters. The number of alkyl halides is 3. The van der Waals surface area contributed by atoms with Gasteiger partial charge in [-0.15, -0.1) is 0 Å². The molecule has 2 heterocycles. The Bertz CT molecular complexity index is 629. The molecule has 7 heteroatoms. The van der Waals surface area contributed by atoms with Crippen molar-refractivity contribution < 1.29 is 21.6 Å². The normalized spacial score (nSPS) is 32.2. The fraction of sp³-hybridized carbons (Fsp3) is 0.571. The monoisotopic (exact) mass is 319 g/mol. The Labute approximate surface area is 121 Å². The number of sulfone groups is 1. The summed E-state index contributed by atoms with van der Waals surface area (Å²) in [5.41, 5.74) is -1.19. The topological polar surface area (TPSA) is 37.4 Å². The lowest BCUT2D eigenvalue weighted by Gasteiger charge is -2.30. The van der Waals surface area contributed by atoms with Gasteiger partial charge < -0.3 is 0 Å². The third-order valence-electron chi connectivity index (χ3n) is 4.63. The van der Waals surface area contributed by atoms with E-state index in [0.717, 1.165) is 5.56 Å². The van der Waals surface area contributed by atoms with E-state index in [1.165, 1.54) is 0 Å². The van der Waals surface area contributed by atoms with E-state index in [-0.39, 0.29) is 25.3 Å². The number of fused-ring (bicyclic) bond motifs is 1. The van der Waals surface area contributed by atoms with Crippen molar-refractivity contribution in [3.8, 4) is 0 Å². The molecule has 2 fully saturated rings. The summed E-state index contributed by atoms with van der Waals surface area (Å²) in [6, 6.07) is 9.15. The zero-order valence-electron chi connectivity index (χ0n) is 11.3. The van der Waals surface area contributed by atoms with E-state index in [9.17, 15) is 21.6 Å². The van der Waals surface area contributed by atoms with Gasteiger partial charge in [0.2, 0.25) is 0 Å². The molecule has 3 nitrogen and oxygen atoms in total. The lowest BCUT2D eigenvalue weighted by atomic mass is 9.83. The van der Waals surface area contributed by atoms with Crippen LogP contribution in [0.1, 0.15) is 12.0 Å². The van der Waals surface area contributed by atoms with Crippen LogP contribution in [0.3, 0.4) is 0 Å². The highest BCUT2D eigenvalue weighted by atomic mass is 32.2. The molecule has 2 aliphatic rings. The predicted octanol–water partition coefficient (Wildman–Crippen LogP) is 2.24. The Morgan fingerprint density at radius 1 is 1.24 bits per heavy atom. The highest BCUT2D eigenvalue weighted by molar-refractivity contribution is 7.92. The first-order valence-corrected chi connectivity index (χ1v) is 8.51. The molecule has 21 heavy (non-hydrogen) atoms. The van der Waals surface area contributed by atoms with Crippen molar-refractivity contribution >= 4 is 9.84 Å². The van der Waals surface area contributed by atoms with Crippen LogP contribution in [0.2, 0.25) is 0 Å². The number of likely N-dealkylation sites (tertiary alicyclic amines) is 1. The van der Waals surface area contributed by atoms with Crippen LogP contribution in [0.25, 0.3) is 0 Å². The van der Waals surface area contributed by atoms with Crippen molar-refractivity contribution in [3.63, 3.8) is 0 Å². The Morgan fingerprint density at radius 3 is 2.48 bits per heavy atom. The molecular weight excluding hydrogens is 303 g/mol. The van der Waals surface area contributed by atoms with Gasteiger partial charge >= 0.3 is 6.18 Å². The molecule has 3 rings (SSSR count). The first-order valence-electron chi connectivity index (χ1n) is 6.79. The maximum Gasteiger partial charge on any atom is 0.397 e. The van der Waals surface area contributed by atoms with Crippen molar-refractivity contribution in [2.75, 3.05) is 18.8 Å². The average Bonchev–Trinajstić information content (AvgIpc) is 2.88. The number of hydrogen-bond donors (Lipinski definition) is 0. The average molecular weight is 319 g/mol. The van der Waals surface area contributed by atoms with Crippen molar-refractivity contribution in [3.05, 3.63) is 35.9 Å². The van der Waals surface area contributed by atoms with Crippen LogP contribution in [-0.4, -0.2) is 43.6 Å². The molecule has 0 aliphatic carbocycles. The molecule has 2 aliphatic heterocycles. The second-order valence-electron chi connectivity index (χ2n) is 5.91. The number of rotatable bonds is 2. The molecule has 0 spiro atoms. The van der Waals surface area contributed by atoms with Gasteiger partial charge in [0.05, 0.1) is 16.4 Å². The minimum absolute atomic E-state index is 0.0310. The first-order chi connectivity index (χ1) is 9.75. The molecule has 0 radical (unpaired) electrons. The van der Waals surface area contributed by atoms with Crippen LogP contribution in [-0.2, 0) is 16.4 Å². The van der Waals surface area contributed by atoms with Crippen LogP contribution in [0.5, 0.6) is 0 Å². The fourth-order valence-corrected chi connectivity index (χ4v) is 5.90. The second kappa shape index (κ2) is 4.71. The highest BCUT2D eigenvalue weighted by Crippen LogP contribution is 2.54. The Kier molecular flexibility index (Phi) is 3.33. The molecule has 1 aromatic rings. The molecule has 0 amide bonds. The van der Waals surface area contributed by atoms with Gasteiger partial charge in [0.25, 0.3) is 0 Å². The molecule has 2 atom stereocenters. The third kappa shape index (κ3) is 2.36. The Balaban J connectivity index is 1.88. The Morgan fingerprint density at radius 2 is 1.90 bits per heavy atom. The molecule has 0 N–H and O–H groups in total. The summed E-state index contributed by atoms with van der Waals surface area (Å²) >= 11 is 0. The molecule has 0 bridgehead atoms. The van der Waals surface area contributed by atoms with Gasteiger partial charge in [-0.05, 0) is 12.0 Å². The van der Waals surface area contributed by atoms with E-state index in [1.807, 2.05) is 30.3 Å². The van der Waals surface area contributed by atoms with Gasteiger partial charge in [0.1, 0.15) is 0 Å². The highest BCUT2D eigenvalue weighted by Gasteiger charge is 2.69. The summed E-state index contributed by atoms with van der Waals surface area (Å²) in [4.78, 5) is 1.62. The van der Waals surface area contributed by atoms with Crippen LogP contribution in [0, 0.1) is 5.41 Å². The number of halogens is 3. The van der Waals surface area contributed by atoms with E-state index < -0.39 is 26.7 Å². The zero-order valence-corrected chi connectivity index (χ0v) is 12.1. The SMILES string of the molecule is O=S1(=O)CC[C@]2(C(F)(F)F)CN(Cc3ccccc3)C[C@@H]21. The lowest BCUT2D eigenvalue weighted by Crippen LogP contribution is -2.45. The van der Waals surface area contributed by atoms with Gasteiger partial charge in [0.15, 0.2) is 9.84 Å². The number of benzene rings is 1. The summed E-state index contributed by atoms with van der Waals surface area (Å²) < 4.78 is 64.3. The molecule has 2 saturated heterocycles. The van der Waals surface area contributed by atoms with E-state index in [2.05, 4.69) is 0 Å². The summed E-state index contributed by atoms with van der Waals surface area (Å²) in [6.07, 6.45) is -4.79. The van der Waals surface area contributed by atoms with Gasteiger partial charge in [0, 0.05) is 19.6 Å². The maximum atomic E-state index is 13.5. The summed E-state index contributed by atoms with van der Waals surface area (Å²) in [5, 5.41) is -1.31. The minimum Gasteiger partial charge on any atom is -0.297 e. The van der Waals surface area contributed by atoms with E-state index in [4.69, 9.17) is 0 Å². The van der Waals surface area contributed by atoms with E-state index in [1.54, 1.807) is 4.90 Å². The smallest absolute Gasteiger partial charge is 0.297 e. The standard InChI is InChI=1S/C14H16F3NO2S/c15-14(16,17)13-6-7-21(19,20)12(13)9-18(10-13)8-11-4-2-1-3-5-11/h1-5,12H,6-10H2/t12-,13-/m0/s1. The molecule has 116 valence electrons. The van der Waals surface area contributed by atoms with Crippen molar-refractivity contribution in [2.45, 2.75) is 24.4 Å². The zero-order chi connectivity index (χ0) is 15.3. The summed E-state index contributed by atoms with van der Waals surface area (Å²) in [6.45, 7) is 0.0940. The van der Waals surface area contributed by atoms with Crippen LogP contribution >= 0.6 is 0 Å². The van der Waals surface area contributed by atoms with Crippen molar-refractivity contribution in [2.24, 2.45) is 5.41 Å². The Hall–Kier alpha value is -1.08. The second-order valence-corrected chi connectivity index (χ2v) is 8.22. The molecule has 0 aromatic heterocycles. The maximum absolute atomic E-state index is 13.5. The summed E-state index contributed by atoms with van der Waals surface area (Å²) in [5.74, 6) is -0.351. The predicted molar refractivity (Wildman–Crippen MR) is 72.4 cm³/mol. The van der Waals surface area contributed by atoms with Crippen molar-refractivity contribution in [1.29, 1.82) is 0 Å². The van der Waals surface area contributed by atoms with Gasteiger partial charge in [-0.2, -0.15) is 13.2 Å². The molecule has 0 saturated carbocycles. The van der Waals surface area contributed by atoms with Gasteiger partial charge in [-0.3, -0.25) is 4.90 Å².